The monoisotopic (exact) mass is 296 g/mol. The Balaban J connectivity index is 2.99. The summed E-state index contributed by atoms with van der Waals surface area (Å²) in [6.07, 6.45) is -0.597. The van der Waals surface area contributed by atoms with Crippen molar-refractivity contribution in [2.45, 2.75) is 20.0 Å². The molecule has 1 aromatic carbocycles. The van der Waals surface area contributed by atoms with Gasteiger partial charge >= 0.3 is 0 Å². The summed E-state index contributed by atoms with van der Waals surface area (Å²) in [5.74, 6) is 0.900. The summed E-state index contributed by atoms with van der Waals surface area (Å²) in [6, 6.07) is 5.17. The molecule has 0 aliphatic rings. The van der Waals surface area contributed by atoms with E-state index in [1.165, 1.54) is 4.90 Å². The zero-order valence-corrected chi connectivity index (χ0v) is 13.0. The Morgan fingerprint density at radius 2 is 2.05 bits per heavy atom. The van der Waals surface area contributed by atoms with Gasteiger partial charge in [-0.15, -0.1) is 0 Å². The number of hydrogen-bond acceptors (Lipinski definition) is 4. The molecule has 0 radical (unpaired) electrons. The maximum atomic E-state index is 11.8. The molecule has 1 amide bonds. The smallest absolute Gasteiger partial charge is 0.262 e. The van der Waals surface area contributed by atoms with Gasteiger partial charge in [-0.3, -0.25) is 4.79 Å². The Morgan fingerprint density at radius 3 is 2.55 bits per heavy atom. The van der Waals surface area contributed by atoms with Crippen molar-refractivity contribution in [1.29, 1.82) is 0 Å². The van der Waals surface area contributed by atoms with Gasteiger partial charge in [0.05, 0.1) is 6.61 Å². The van der Waals surface area contributed by atoms with Crippen molar-refractivity contribution in [3.05, 3.63) is 23.8 Å². The first kappa shape index (κ1) is 16.2. The van der Waals surface area contributed by atoms with Crippen molar-refractivity contribution in [1.82, 2.24) is 4.90 Å². The molecule has 0 saturated heterocycles. The Labute approximate surface area is 124 Å². The number of likely N-dealkylation sites (N-methyl/N-ethyl adjacent to an activating group) is 1. The quantitative estimate of drug-likeness (QED) is 0.807. The van der Waals surface area contributed by atoms with Crippen molar-refractivity contribution in [2.75, 3.05) is 20.7 Å². The minimum atomic E-state index is -0.597. The number of nitrogens with zero attached hydrogens (tertiary/aromatic N) is 1. The van der Waals surface area contributed by atoms with E-state index in [0.29, 0.717) is 23.7 Å². The summed E-state index contributed by atoms with van der Waals surface area (Å²) in [6.45, 7) is 4.04. The van der Waals surface area contributed by atoms with E-state index in [1.807, 2.05) is 6.92 Å². The predicted molar refractivity (Wildman–Crippen MR) is 82.3 cm³/mol. The van der Waals surface area contributed by atoms with E-state index in [0.717, 1.165) is 0 Å². The molecule has 1 aromatic rings. The topological polar surface area (TPSA) is 64.8 Å². The third-order valence-corrected chi connectivity index (χ3v) is 2.86. The lowest BCUT2D eigenvalue weighted by molar-refractivity contribution is -0.135. The lowest BCUT2D eigenvalue weighted by Gasteiger charge is -2.20. The van der Waals surface area contributed by atoms with Gasteiger partial charge in [-0.25, -0.2) is 0 Å². The Morgan fingerprint density at radius 1 is 1.40 bits per heavy atom. The molecular formula is C14H20N2O3S. The van der Waals surface area contributed by atoms with Crippen LogP contribution >= 0.6 is 12.2 Å². The molecule has 0 aromatic heterocycles. The van der Waals surface area contributed by atoms with Gasteiger partial charge in [0.1, 0.15) is 4.99 Å². The highest BCUT2D eigenvalue weighted by molar-refractivity contribution is 7.80. The van der Waals surface area contributed by atoms with Crippen LogP contribution in [0, 0.1) is 0 Å². The molecule has 1 atom stereocenters. The van der Waals surface area contributed by atoms with E-state index in [-0.39, 0.29) is 10.9 Å². The van der Waals surface area contributed by atoms with E-state index in [1.54, 1.807) is 39.2 Å². The van der Waals surface area contributed by atoms with Crippen LogP contribution in [0.15, 0.2) is 18.2 Å². The van der Waals surface area contributed by atoms with Gasteiger partial charge in [-0.2, -0.15) is 0 Å². The van der Waals surface area contributed by atoms with Gasteiger partial charge < -0.3 is 20.1 Å². The number of hydrogen-bond donors (Lipinski definition) is 1. The van der Waals surface area contributed by atoms with Crippen LogP contribution in [0.3, 0.4) is 0 Å². The van der Waals surface area contributed by atoms with E-state index < -0.39 is 6.10 Å². The van der Waals surface area contributed by atoms with Crippen LogP contribution in [0.4, 0.5) is 0 Å². The van der Waals surface area contributed by atoms with Gasteiger partial charge in [0.2, 0.25) is 0 Å². The van der Waals surface area contributed by atoms with Gasteiger partial charge in [-0.05, 0) is 32.0 Å². The molecule has 0 heterocycles. The van der Waals surface area contributed by atoms with Gasteiger partial charge in [0.25, 0.3) is 5.91 Å². The second-order valence-corrected chi connectivity index (χ2v) is 4.89. The number of rotatable bonds is 6. The molecule has 0 spiro atoms. The first-order valence-electron chi connectivity index (χ1n) is 6.31. The summed E-state index contributed by atoms with van der Waals surface area (Å²) < 4.78 is 11.2. The average Bonchev–Trinajstić information content (AvgIpc) is 2.39. The Kier molecular flexibility index (Phi) is 5.76. The van der Waals surface area contributed by atoms with Crippen LogP contribution < -0.4 is 15.2 Å². The number of amides is 1. The lowest BCUT2D eigenvalue weighted by Crippen LogP contribution is -2.35. The minimum absolute atomic E-state index is 0.120. The van der Waals surface area contributed by atoms with E-state index in [4.69, 9.17) is 27.4 Å². The third-order valence-electron chi connectivity index (χ3n) is 2.62. The molecule has 2 N–H and O–H groups in total. The number of thiocarbonyl (C=S) groups is 1. The first-order chi connectivity index (χ1) is 9.36. The number of carbonyl (C=O) groups is 1. The fourth-order valence-corrected chi connectivity index (χ4v) is 1.76. The lowest BCUT2D eigenvalue weighted by atomic mass is 10.2. The van der Waals surface area contributed by atoms with Crippen LogP contribution in [0.1, 0.15) is 19.4 Å². The average molecular weight is 296 g/mol. The highest BCUT2D eigenvalue weighted by atomic mass is 32.1. The van der Waals surface area contributed by atoms with E-state index in [2.05, 4.69) is 0 Å². The molecular weight excluding hydrogens is 276 g/mol. The molecule has 0 fully saturated rings. The van der Waals surface area contributed by atoms with Gasteiger partial charge in [0, 0.05) is 19.7 Å². The number of carbonyl (C=O) groups excluding carboxylic acids is 1. The molecule has 0 saturated carbocycles. The SMILES string of the molecule is CCOc1cc(C(N)=S)ccc1OC(C)C(=O)N(C)C. The van der Waals surface area contributed by atoms with Crippen molar-refractivity contribution < 1.29 is 14.3 Å². The number of benzene rings is 1. The Hall–Kier alpha value is -1.82. The van der Waals surface area contributed by atoms with Crippen LogP contribution in [0.25, 0.3) is 0 Å². The number of nitrogens with two attached hydrogens (primary N) is 1. The molecule has 1 rings (SSSR count). The second kappa shape index (κ2) is 7.09. The third kappa shape index (κ3) is 4.09. The normalized spacial score (nSPS) is 11.6. The highest BCUT2D eigenvalue weighted by Crippen LogP contribution is 2.29. The van der Waals surface area contributed by atoms with E-state index in [9.17, 15) is 4.79 Å². The standard InChI is InChI=1S/C14H20N2O3S/c1-5-18-12-8-10(13(15)20)6-7-11(12)19-9(2)14(17)16(3)4/h6-9H,5H2,1-4H3,(H2,15,20). The summed E-state index contributed by atoms with van der Waals surface area (Å²) in [4.78, 5) is 13.6. The second-order valence-electron chi connectivity index (χ2n) is 4.45. The van der Waals surface area contributed by atoms with Crippen molar-refractivity contribution >= 4 is 23.1 Å². The van der Waals surface area contributed by atoms with Gasteiger partial charge in [-0.1, -0.05) is 12.2 Å². The molecule has 0 bridgehead atoms. The summed E-state index contributed by atoms with van der Waals surface area (Å²) in [5.41, 5.74) is 6.29. The van der Waals surface area contributed by atoms with Crippen LogP contribution in [0.5, 0.6) is 11.5 Å². The van der Waals surface area contributed by atoms with Crippen molar-refractivity contribution in [3.63, 3.8) is 0 Å². The maximum absolute atomic E-state index is 11.8. The minimum Gasteiger partial charge on any atom is -0.490 e. The molecule has 5 nitrogen and oxygen atoms in total. The fourth-order valence-electron chi connectivity index (χ4n) is 1.63. The summed E-state index contributed by atoms with van der Waals surface area (Å²) in [7, 11) is 3.36. The Bertz CT molecular complexity index is 503. The van der Waals surface area contributed by atoms with Crippen molar-refractivity contribution in [3.8, 4) is 11.5 Å². The predicted octanol–water partition coefficient (Wildman–Crippen LogP) is 1.58. The maximum Gasteiger partial charge on any atom is 0.262 e. The largest absolute Gasteiger partial charge is 0.490 e. The fraction of sp³-hybridized carbons (Fsp3) is 0.429. The van der Waals surface area contributed by atoms with E-state index >= 15 is 0 Å². The highest BCUT2D eigenvalue weighted by Gasteiger charge is 2.18. The summed E-state index contributed by atoms with van der Waals surface area (Å²) >= 11 is 4.93. The van der Waals surface area contributed by atoms with Crippen LogP contribution in [-0.2, 0) is 4.79 Å². The molecule has 6 heteroatoms. The molecule has 0 aliphatic heterocycles. The van der Waals surface area contributed by atoms with Crippen molar-refractivity contribution in [2.24, 2.45) is 5.73 Å². The molecule has 20 heavy (non-hydrogen) atoms. The zero-order chi connectivity index (χ0) is 15.3. The zero-order valence-electron chi connectivity index (χ0n) is 12.2. The molecule has 0 aliphatic carbocycles. The number of ether oxygens (including phenoxy) is 2. The van der Waals surface area contributed by atoms with Crippen LogP contribution in [0.2, 0.25) is 0 Å². The van der Waals surface area contributed by atoms with Crippen LogP contribution in [-0.4, -0.2) is 42.6 Å². The first-order valence-corrected chi connectivity index (χ1v) is 6.72. The molecule has 1 unspecified atom stereocenters. The van der Waals surface area contributed by atoms with Gasteiger partial charge in [0.15, 0.2) is 17.6 Å². The summed E-state index contributed by atoms with van der Waals surface area (Å²) in [5, 5.41) is 0. The molecule has 110 valence electrons.